The van der Waals surface area contributed by atoms with Crippen LogP contribution in [0.5, 0.6) is 0 Å². The van der Waals surface area contributed by atoms with Crippen molar-refractivity contribution in [1.82, 2.24) is 0 Å². The molecule has 21 heavy (non-hydrogen) atoms. The van der Waals surface area contributed by atoms with Crippen LogP contribution in [0.2, 0.25) is 5.02 Å². The third kappa shape index (κ3) is 4.47. The first-order chi connectivity index (χ1) is 10.0. The molecule has 0 saturated heterocycles. The van der Waals surface area contributed by atoms with E-state index in [-0.39, 0.29) is 11.3 Å². The van der Waals surface area contributed by atoms with Crippen molar-refractivity contribution in [2.24, 2.45) is 11.3 Å². The largest absolute Gasteiger partial charge is 0.326 e. The predicted octanol–water partition coefficient (Wildman–Crippen LogP) is 5.67. The van der Waals surface area contributed by atoms with E-state index >= 15 is 0 Å². The summed E-state index contributed by atoms with van der Waals surface area (Å²) in [5.41, 5.74) is 0.682. The molecule has 1 aromatic carbocycles. The molecule has 0 aromatic heterocycles. The summed E-state index contributed by atoms with van der Waals surface area (Å²) in [4.78, 5) is 12.8. The van der Waals surface area contributed by atoms with Crippen molar-refractivity contribution in [3.05, 3.63) is 29.3 Å². The van der Waals surface area contributed by atoms with E-state index < -0.39 is 0 Å². The average Bonchev–Trinajstić information content (AvgIpc) is 2.48. The van der Waals surface area contributed by atoms with E-state index in [0.29, 0.717) is 10.9 Å². The van der Waals surface area contributed by atoms with E-state index in [4.69, 9.17) is 11.6 Å². The number of halogens is 1. The van der Waals surface area contributed by atoms with Gasteiger partial charge in [-0.25, -0.2) is 0 Å². The Balaban J connectivity index is 2.08. The van der Waals surface area contributed by atoms with E-state index in [1.807, 2.05) is 24.3 Å². The molecule has 1 amide bonds. The highest BCUT2D eigenvalue weighted by atomic mass is 35.5. The molecule has 1 saturated carbocycles. The van der Waals surface area contributed by atoms with Gasteiger partial charge in [0.2, 0.25) is 5.91 Å². The Morgan fingerprint density at radius 2 is 1.81 bits per heavy atom. The van der Waals surface area contributed by atoms with E-state index in [0.717, 1.165) is 31.4 Å². The Hall–Kier alpha value is -1.02. The molecule has 116 valence electrons. The molecule has 1 fully saturated rings. The van der Waals surface area contributed by atoms with Crippen molar-refractivity contribution in [2.75, 3.05) is 5.32 Å². The highest BCUT2D eigenvalue weighted by Crippen LogP contribution is 2.42. The summed E-state index contributed by atoms with van der Waals surface area (Å²) in [6.45, 7) is 4.46. The van der Waals surface area contributed by atoms with E-state index in [2.05, 4.69) is 19.2 Å². The Bertz CT molecular complexity index is 461. The molecule has 1 aliphatic carbocycles. The second-order valence-electron chi connectivity index (χ2n) is 6.73. The van der Waals surface area contributed by atoms with Crippen LogP contribution < -0.4 is 5.32 Å². The first-order valence-corrected chi connectivity index (χ1v) is 8.47. The lowest BCUT2D eigenvalue weighted by Gasteiger charge is -2.36. The predicted molar refractivity (Wildman–Crippen MR) is 89.7 cm³/mol. The standard InChI is InChI=1S/C18H26ClNO/c1-14(2)10-13-18(11-4-3-5-12-18)17(21)20-16-8-6-15(19)7-9-16/h6-9,14H,3-5,10-13H2,1-2H3,(H,20,21). The second-order valence-corrected chi connectivity index (χ2v) is 7.17. The molecule has 1 aliphatic rings. The van der Waals surface area contributed by atoms with Crippen LogP contribution in [0.1, 0.15) is 58.8 Å². The minimum atomic E-state index is -0.165. The number of benzene rings is 1. The highest BCUT2D eigenvalue weighted by Gasteiger charge is 2.39. The summed E-state index contributed by atoms with van der Waals surface area (Å²) >= 11 is 5.90. The summed E-state index contributed by atoms with van der Waals surface area (Å²) in [5, 5.41) is 3.80. The molecule has 0 aliphatic heterocycles. The summed E-state index contributed by atoms with van der Waals surface area (Å²) in [6.07, 6.45) is 7.78. The fourth-order valence-electron chi connectivity index (χ4n) is 3.18. The van der Waals surface area contributed by atoms with Crippen LogP contribution in [0.3, 0.4) is 0 Å². The normalized spacial score (nSPS) is 17.7. The van der Waals surface area contributed by atoms with Crippen LogP contribution >= 0.6 is 11.6 Å². The Morgan fingerprint density at radius 1 is 1.19 bits per heavy atom. The highest BCUT2D eigenvalue weighted by molar-refractivity contribution is 6.30. The fourth-order valence-corrected chi connectivity index (χ4v) is 3.31. The molecule has 3 heteroatoms. The lowest BCUT2D eigenvalue weighted by atomic mass is 9.69. The van der Waals surface area contributed by atoms with Crippen molar-refractivity contribution < 1.29 is 4.79 Å². The maximum atomic E-state index is 12.8. The van der Waals surface area contributed by atoms with Gasteiger partial charge in [-0.1, -0.05) is 44.7 Å². The van der Waals surface area contributed by atoms with Gasteiger partial charge in [-0.15, -0.1) is 0 Å². The molecular formula is C18H26ClNO. The zero-order valence-corrected chi connectivity index (χ0v) is 13.9. The molecule has 1 N–H and O–H groups in total. The van der Waals surface area contributed by atoms with Crippen molar-refractivity contribution in [2.45, 2.75) is 58.8 Å². The number of carbonyl (C=O) groups is 1. The number of nitrogens with one attached hydrogen (secondary N) is 1. The summed E-state index contributed by atoms with van der Waals surface area (Å²) < 4.78 is 0. The first-order valence-electron chi connectivity index (χ1n) is 8.09. The summed E-state index contributed by atoms with van der Waals surface area (Å²) in [5.74, 6) is 0.845. The quantitative estimate of drug-likeness (QED) is 0.746. The van der Waals surface area contributed by atoms with Crippen molar-refractivity contribution in [3.63, 3.8) is 0 Å². The van der Waals surface area contributed by atoms with Gasteiger partial charge in [-0.05, 0) is 55.9 Å². The Kier molecular flexibility index (Phi) is 5.69. The fraction of sp³-hybridized carbons (Fsp3) is 0.611. The second kappa shape index (κ2) is 7.31. The Morgan fingerprint density at radius 3 is 2.38 bits per heavy atom. The molecule has 0 spiro atoms. The van der Waals surface area contributed by atoms with Gasteiger partial charge in [0.25, 0.3) is 0 Å². The van der Waals surface area contributed by atoms with Crippen LogP contribution in [0.15, 0.2) is 24.3 Å². The molecule has 0 radical (unpaired) electrons. The topological polar surface area (TPSA) is 29.1 Å². The Labute approximate surface area is 133 Å². The monoisotopic (exact) mass is 307 g/mol. The van der Waals surface area contributed by atoms with Crippen LogP contribution in [0, 0.1) is 11.3 Å². The minimum absolute atomic E-state index is 0.165. The zero-order valence-electron chi connectivity index (χ0n) is 13.1. The lowest BCUT2D eigenvalue weighted by molar-refractivity contribution is -0.128. The number of carbonyl (C=O) groups excluding carboxylic acids is 1. The van der Waals surface area contributed by atoms with E-state index in [9.17, 15) is 4.79 Å². The van der Waals surface area contributed by atoms with Crippen molar-refractivity contribution in [1.29, 1.82) is 0 Å². The van der Waals surface area contributed by atoms with Gasteiger partial charge in [0.1, 0.15) is 0 Å². The van der Waals surface area contributed by atoms with Crippen LogP contribution in [-0.4, -0.2) is 5.91 Å². The minimum Gasteiger partial charge on any atom is -0.326 e. The molecule has 0 unspecified atom stereocenters. The van der Waals surface area contributed by atoms with Crippen LogP contribution in [-0.2, 0) is 4.79 Å². The number of anilines is 1. The molecule has 2 nitrogen and oxygen atoms in total. The number of rotatable bonds is 5. The third-order valence-corrected chi connectivity index (χ3v) is 4.85. The van der Waals surface area contributed by atoms with Crippen LogP contribution in [0.4, 0.5) is 5.69 Å². The smallest absolute Gasteiger partial charge is 0.230 e. The number of hydrogen-bond donors (Lipinski definition) is 1. The first kappa shape index (κ1) is 16.4. The van der Waals surface area contributed by atoms with Crippen molar-refractivity contribution >= 4 is 23.2 Å². The zero-order chi connectivity index (χ0) is 15.3. The van der Waals surface area contributed by atoms with Gasteiger partial charge >= 0.3 is 0 Å². The van der Waals surface area contributed by atoms with Gasteiger partial charge in [0.05, 0.1) is 0 Å². The van der Waals surface area contributed by atoms with Crippen molar-refractivity contribution in [3.8, 4) is 0 Å². The van der Waals surface area contributed by atoms with Gasteiger partial charge in [-0.3, -0.25) is 4.79 Å². The van der Waals surface area contributed by atoms with Gasteiger partial charge in [0, 0.05) is 16.1 Å². The molecule has 1 aromatic rings. The lowest BCUT2D eigenvalue weighted by Crippen LogP contribution is -2.38. The SMILES string of the molecule is CC(C)CCC1(C(=O)Nc2ccc(Cl)cc2)CCCCC1. The van der Waals surface area contributed by atoms with Gasteiger partial charge < -0.3 is 5.32 Å². The third-order valence-electron chi connectivity index (χ3n) is 4.59. The average molecular weight is 308 g/mol. The maximum Gasteiger partial charge on any atom is 0.230 e. The number of hydrogen-bond acceptors (Lipinski definition) is 1. The summed E-state index contributed by atoms with van der Waals surface area (Å²) in [6, 6.07) is 7.38. The van der Waals surface area contributed by atoms with E-state index in [1.165, 1.54) is 19.3 Å². The molecule has 2 rings (SSSR count). The van der Waals surface area contributed by atoms with Gasteiger partial charge in [0.15, 0.2) is 0 Å². The van der Waals surface area contributed by atoms with Gasteiger partial charge in [-0.2, -0.15) is 0 Å². The molecule has 0 bridgehead atoms. The molecule has 0 heterocycles. The number of amides is 1. The molecular weight excluding hydrogens is 282 g/mol. The maximum absolute atomic E-state index is 12.8. The molecule has 0 atom stereocenters. The van der Waals surface area contributed by atoms with E-state index in [1.54, 1.807) is 0 Å². The summed E-state index contributed by atoms with van der Waals surface area (Å²) in [7, 11) is 0. The van der Waals surface area contributed by atoms with Crippen LogP contribution in [0.25, 0.3) is 0 Å².